The Bertz CT molecular complexity index is 1240. The van der Waals surface area contributed by atoms with Gasteiger partial charge in [0.15, 0.2) is 0 Å². The molecule has 0 atom stereocenters. The molecule has 2 amide bonds. The van der Waals surface area contributed by atoms with Crippen LogP contribution >= 0.6 is 22.9 Å². The summed E-state index contributed by atoms with van der Waals surface area (Å²) in [5, 5.41) is 2.20. The van der Waals surface area contributed by atoms with Crippen molar-refractivity contribution in [3.05, 3.63) is 61.6 Å². The molecule has 0 spiro atoms. The fourth-order valence-electron chi connectivity index (χ4n) is 3.71. The summed E-state index contributed by atoms with van der Waals surface area (Å²) in [6, 6.07) is 8.04. The molecule has 8 nitrogen and oxygen atoms in total. The Hall–Kier alpha value is -2.91. The highest BCUT2D eigenvalue weighted by molar-refractivity contribution is 7.17. The Morgan fingerprint density at radius 3 is 2.40 bits per heavy atom. The number of rotatable bonds is 4. The molecule has 1 aliphatic heterocycles. The van der Waals surface area contributed by atoms with Gasteiger partial charge in [-0.2, -0.15) is 0 Å². The number of amides is 2. The number of primary amides is 1. The molecule has 10 heteroatoms. The Morgan fingerprint density at radius 1 is 1.10 bits per heavy atom. The summed E-state index contributed by atoms with van der Waals surface area (Å²) in [6.07, 6.45) is 1.02. The molecule has 3 heterocycles. The second-order valence-electron chi connectivity index (χ2n) is 7.18. The van der Waals surface area contributed by atoms with Crippen molar-refractivity contribution in [2.45, 2.75) is 19.4 Å². The molecule has 0 radical (unpaired) electrons. The zero-order chi connectivity index (χ0) is 21.4. The van der Waals surface area contributed by atoms with Crippen LogP contribution in [0.1, 0.15) is 12.8 Å². The van der Waals surface area contributed by atoms with Crippen molar-refractivity contribution in [3.63, 3.8) is 0 Å². The van der Waals surface area contributed by atoms with Gasteiger partial charge in [-0.1, -0.05) is 11.6 Å². The maximum Gasteiger partial charge on any atom is 0.336 e. The summed E-state index contributed by atoms with van der Waals surface area (Å²) in [5.41, 5.74) is 5.14. The Balaban J connectivity index is 1.71. The Morgan fingerprint density at radius 2 is 1.77 bits per heavy atom. The first-order valence-corrected chi connectivity index (χ1v) is 10.7. The van der Waals surface area contributed by atoms with Gasteiger partial charge < -0.3 is 10.6 Å². The van der Waals surface area contributed by atoms with Gasteiger partial charge in [0.1, 0.15) is 11.2 Å². The zero-order valence-corrected chi connectivity index (χ0v) is 17.5. The van der Waals surface area contributed by atoms with Crippen molar-refractivity contribution in [2.75, 3.05) is 13.1 Å². The second kappa shape index (κ2) is 8.08. The fourth-order valence-corrected chi connectivity index (χ4v) is 4.66. The summed E-state index contributed by atoms with van der Waals surface area (Å²) in [5.74, 6) is -0.825. The van der Waals surface area contributed by atoms with Crippen molar-refractivity contribution < 1.29 is 9.59 Å². The van der Waals surface area contributed by atoms with E-state index in [9.17, 15) is 19.2 Å². The molecule has 2 aromatic heterocycles. The zero-order valence-electron chi connectivity index (χ0n) is 15.9. The summed E-state index contributed by atoms with van der Waals surface area (Å²) in [4.78, 5) is 52.0. The van der Waals surface area contributed by atoms with Crippen LogP contribution in [0, 0.1) is 5.92 Å². The third kappa shape index (κ3) is 3.66. The molecule has 4 rings (SSSR count). The van der Waals surface area contributed by atoms with Crippen molar-refractivity contribution >= 4 is 45.0 Å². The standard InChI is InChI=1S/C20H19ClN4O4S/c21-13-1-3-14(4-2-13)25-19(28)17-15(7-10-30-17)24(20(25)29)11-16(26)23-8-5-12(6-9-23)18(22)27/h1-4,7,10,12H,5-6,8-9,11H2,(H2,22,27). The van der Waals surface area contributed by atoms with Gasteiger partial charge in [0.2, 0.25) is 11.8 Å². The smallest absolute Gasteiger partial charge is 0.336 e. The van der Waals surface area contributed by atoms with E-state index >= 15 is 0 Å². The van der Waals surface area contributed by atoms with E-state index in [0.29, 0.717) is 46.9 Å². The van der Waals surface area contributed by atoms with Crippen LogP contribution in [0.5, 0.6) is 0 Å². The molecule has 1 aliphatic rings. The van der Waals surface area contributed by atoms with Gasteiger partial charge in [-0.15, -0.1) is 11.3 Å². The lowest BCUT2D eigenvalue weighted by molar-refractivity contribution is -0.135. The molecular weight excluding hydrogens is 428 g/mol. The molecule has 0 saturated carbocycles. The van der Waals surface area contributed by atoms with Crippen LogP contribution in [-0.2, 0) is 16.1 Å². The minimum absolute atomic E-state index is 0.193. The first kappa shape index (κ1) is 20.4. The number of fused-ring (bicyclic) bond motifs is 1. The molecule has 1 aromatic carbocycles. The van der Waals surface area contributed by atoms with E-state index in [1.165, 1.54) is 15.9 Å². The molecule has 2 N–H and O–H groups in total. The first-order valence-electron chi connectivity index (χ1n) is 9.43. The topological polar surface area (TPSA) is 107 Å². The molecule has 0 unspecified atom stereocenters. The number of hydrogen-bond donors (Lipinski definition) is 1. The lowest BCUT2D eigenvalue weighted by Crippen LogP contribution is -2.45. The summed E-state index contributed by atoms with van der Waals surface area (Å²) in [6.45, 7) is 0.622. The van der Waals surface area contributed by atoms with Crippen LogP contribution in [0.25, 0.3) is 15.9 Å². The van der Waals surface area contributed by atoms with Crippen molar-refractivity contribution in [1.29, 1.82) is 0 Å². The van der Waals surface area contributed by atoms with Crippen molar-refractivity contribution in [2.24, 2.45) is 11.7 Å². The first-order chi connectivity index (χ1) is 14.4. The monoisotopic (exact) mass is 446 g/mol. The molecule has 3 aromatic rings. The van der Waals surface area contributed by atoms with Gasteiger partial charge >= 0.3 is 5.69 Å². The maximum absolute atomic E-state index is 13.2. The lowest BCUT2D eigenvalue weighted by atomic mass is 9.96. The predicted molar refractivity (Wildman–Crippen MR) is 115 cm³/mol. The average molecular weight is 447 g/mol. The summed E-state index contributed by atoms with van der Waals surface area (Å²) in [7, 11) is 0. The Labute approximate surface area is 180 Å². The highest BCUT2D eigenvalue weighted by atomic mass is 35.5. The largest absolute Gasteiger partial charge is 0.369 e. The SMILES string of the molecule is NC(=O)C1CCN(C(=O)Cn2c(=O)n(-c3ccc(Cl)cc3)c(=O)c3sccc32)CC1. The van der Waals surface area contributed by atoms with Crippen LogP contribution < -0.4 is 17.0 Å². The highest BCUT2D eigenvalue weighted by Gasteiger charge is 2.27. The normalized spacial score (nSPS) is 14.9. The third-order valence-electron chi connectivity index (χ3n) is 5.38. The van der Waals surface area contributed by atoms with Crippen molar-refractivity contribution in [1.82, 2.24) is 14.0 Å². The number of halogens is 1. The third-order valence-corrected chi connectivity index (χ3v) is 6.53. The van der Waals surface area contributed by atoms with Crippen LogP contribution in [-0.4, -0.2) is 38.9 Å². The van der Waals surface area contributed by atoms with Gasteiger partial charge in [-0.05, 0) is 48.6 Å². The predicted octanol–water partition coefficient (Wildman–Crippen LogP) is 1.59. The summed E-state index contributed by atoms with van der Waals surface area (Å²) < 4.78 is 2.77. The number of nitrogens with zero attached hydrogens (tertiary/aromatic N) is 3. The van der Waals surface area contributed by atoms with E-state index in [2.05, 4.69) is 0 Å². The van der Waals surface area contributed by atoms with E-state index in [1.807, 2.05) is 0 Å². The second-order valence-corrected chi connectivity index (χ2v) is 8.53. The Kier molecular flexibility index (Phi) is 5.48. The fraction of sp³-hybridized carbons (Fsp3) is 0.300. The van der Waals surface area contributed by atoms with E-state index in [4.69, 9.17) is 17.3 Å². The average Bonchev–Trinajstić information content (AvgIpc) is 3.22. The molecule has 156 valence electrons. The molecular formula is C20H19ClN4O4S. The van der Waals surface area contributed by atoms with E-state index in [0.717, 1.165) is 4.57 Å². The lowest BCUT2D eigenvalue weighted by Gasteiger charge is -2.30. The van der Waals surface area contributed by atoms with Gasteiger partial charge in [0.05, 0.1) is 11.2 Å². The van der Waals surface area contributed by atoms with Crippen LogP contribution in [0.15, 0.2) is 45.3 Å². The number of hydrogen-bond acceptors (Lipinski definition) is 5. The molecule has 1 saturated heterocycles. The number of thiophene rings is 1. The molecule has 30 heavy (non-hydrogen) atoms. The number of nitrogens with two attached hydrogens (primary N) is 1. The highest BCUT2D eigenvalue weighted by Crippen LogP contribution is 2.19. The van der Waals surface area contributed by atoms with Crippen LogP contribution in [0.2, 0.25) is 5.02 Å². The molecule has 1 fully saturated rings. The molecule has 0 bridgehead atoms. The minimum Gasteiger partial charge on any atom is -0.369 e. The summed E-state index contributed by atoms with van der Waals surface area (Å²) >= 11 is 7.14. The van der Waals surface area contributed by atoms with Gasteiger partial charge in [-0.25, -0.2) is 9.36 Å². The molecule has 0 aliphatic carbocycles. The number of aromatic nitrogens is 2. The van der Waals surface area contributed by atoms with Gasteiger partial charge in [0.25, 0.3) is 5.56 Å². The van der Waals surface area contributed by atoms with E-state index in [1.54, 1.807) is 40.6 Å². The number of carbonyl (C=O) groups is 2. The number of piperidine rings is 1. The maximum atomic E-state index is 13.2. The number of likely N-dealkylation sites (tertiary alicyclic amines) is 1. The van der Waals surface area contributed by atoms with E-state index in [-0.39, 0.29) is 24.3 Å². The van der Waals surface area contributed by atoms with Crippen LogP contribution in [0.3, 0.4) is 0 Å². The quantitative estimate of drug-likeness (QED) is 0.656. The van der Waals surface area contributed by atoms with Crippen molar-refractivity contribution in [3.8, 4) is 5.69 Å². The minimum atomic E-state index is -0.589. The van der Waals surface area contributed by atoms with E-state index < -0.39 is 11.2 Å². The van der Waals surface area contributed by atoms with Gasteiger partial charge in [0, 0.05) is 24.0 Å². The number of carbonyl (C=O) groups excluding carboxylic acids is 2. The number of benzene rings is 1. The van der Waals surface area contributed by atoms with Gasteiger partial charge in [-0.3, -0.25) is 19.0 Å². The van der Waals surface area contributed by atoms with Crippen LogP contribution in [0.4, 0.5) is 0 Å².